The second-order valence-electron chi connectivity index (χ2n) is 6.09. The van der Waals surface area contributed by atoms with Gasteiger partial charge in [-0.2, -0.15) is 0 Å². The van der Waals surface area contributed by atoms with Crippen LogP contribution in [0.15, 0.2) is 101 Å². The van der Waals surface area contributed by atoms with Gasteiger partial charge in [0.05, 0.1) is 0 Å². The molecule has 0 N–H and O–H groups in total. The maximum absolute atomic E-state index is 2.39. The second-order valence-corrected chi connectivity index (χ2v) is 10.1. The minimum absolute atomic E-state index is 1.11. The zero-order chi connectivity index (χ0) is 14.8. The third-order valence-corrected chi connectivity index (χ3v) is 10.2. The van der Waals surface area contributed by atoms with E-state index in [1.165, 1.54) is 5.19 Å². The van der Waals surface area contributed by atoms with E-state index in [9.17, 15) is 0 Å². The molecule has 3 aliphatic carbocycles. The first-order valence-corrected chi connectivity index (χ1v) is 10.1. The molecular weight excluding hydrogens is 280 g/mol. The Labute approximate surface area is 133 Å². The number of hydrogen-bond acceptors (Lipinski definition) is 0. The minimum Gasteiger partial charge on any atom is -0.0808 e. The molecule has 0 spiro atoms. The van der Waals surface area contributed by atoms with E-state index < -0.39 is 8.07 Å². The lowest BCUT2D eigenvalue weighted by atomic mass is 10.4. The quantitative estimate of drug-likeness (QED) is 0.712. The lowest BCUT2D eigenvalue weighted by molar-refractivity contribution is 1.27. The van der Waals surface area contributed by atoms with Crippen molar-refractivity contribution in [2.24, 2.45) is 0 Å². The zero-order valence-corrected chi connectivity index (χ0v) is 13.7. The van der Waals surface area contributed by atoms with Crippen molar-refractivity contribution >= 4 is 13.3 Å². The Morgan fingerprint density at radius 1 is 0.591 bits per heavy atom. The molecule has 0 unspecified atom stereocenters. The first kappa shape index (κ1) is 13.5. The van der Waals surface area contributed by atoms with E-state index in [1.807, 2.05) is 0 Å². The monoisotopic (exact) mass is 300 g/mol. The van der Waals surface area contributed by atoms with E-state index in [4.69, 9.17) is 0 Å². The Hall–Kier alpha value is -2.12. The highest BCUT2D eigenvalue weighted by Gasteiger charge is 2.45. The molecule has 0 aliphatic heterocycles. The summed E-state index contributed by atoms with van der Waals surface area (Å²) in [4.78, 5) is 0. The lowest BCUT2D eigenvalue weighted by Gasteiger charge is -2.37. The van der Waals surface area contributed by atoms with Gasteiger partial charge in [-0.1, -0.05) is 101 Å². The van der Waals surface area contributed by atoms with Crippen molar-refractivity contribution in [3.8, 4) is 0 Å². The molecule has 0 saturated carbocycles. The van der Waals surface area contributed by atoms with Crippen LogP contribution < -0.4 is 5.19 Å². The molecular formula is C21H20Si. The van der Waals surface area contributed by atoms with Gasteiger partial charge in [0, 0.05) is 0 Å². The van der Waals surface area contributed by atoms with Crippen LogP contribution in [0.5, 0.6) is 0 Å². The molecule has 0 amide bonds. The molecule has 0 radical (unpaired) electrons. The maximum atomic E-state index is 2.39. The predicted octanol–water partition coefficient (Wildman–Crippen LogP) is 4.62. The summed E-state index contributed by atoms with van der Waals surface area (Å²) >= 11 is 0. The third-order valence-electron chi connectivity index (χ3n) is 4.97. The highest BCUT2D eigenvalue weighted by Crippen LogP contribution is 2.40. The van der Waals surface area contributed by atoms with Crippen LogP contribution in [0.4, 0.5) is 0 Å². The van der Waals surface area contributed by atoms with Gasteiger partial charge >= 0.3 is 0 Å². The van der Waals surface area contributed by atoms with Crippen LogP contribution in [0.2, 0.25) is 0 Å². The largest absolute Gasteiger partial charge is 0.168 e. The summed E-state index contributed by atoms with van der Waals surface area (Å²) in [6.45, 7) is 0. The fraction of sp³-hybridized carbons (Fsp3) is 0.143. The predicted molar refractivity (Wildman–Crippen MR) is 97.4 cm³/mol. The number of hydrogen-bond donors (Lipinski definition) is 0. The average Bonchev–Trinajstić information content (AvgIpc) is 3.34. The summed E-state index contributed by atoms with van der Waals surface area (Å²) in [5.41, 5.74) is 0. The van der Waals surface area contributed by atoms with Crippen LogP contribution in [0.1, 0.15) is 19.3 Å². The number of benzene rings is 1. The molecule has 0 aromatic heterocycles. The maximum Gasteiger partial charge on any atom is 0.168 e. The molecule has 22 heavy (non-hydrogen) atoms. The highest BCUT2D eigenvalue weighted by molar-refractivity contribution is 7.08. The van der Waals surface area contributed by atoms with E-state index in [0.717, 1.165) is 19.3 Å². The summed E-state index contributed by atoms with van der Waals surface area (Å²) in [5, 5.41) is 6.46. The first-order chi connectivity index (χ1) is 10.9. The van der Waals surface area contributed by atoms with E-state index >= 15 is 0 Å². The Bertz CT molecular complexity index is 680. The fourth-order valence-electron chi connectivity index (χ4n) is 4.04. The van der Waals surface area contributed by atoms with Gasteiger partial charge in [-0.05, 0) is 24.4 Å². The van der Waals surface area contributed by atoms with Crippen LogP contribution >= 0.6 is 0 Å². The lowest BCUT2D eigenvalue weighted by Crippen LogP contribution is -2.53. The Kier molecular flexibility index (Phi) is 3.43. The van der Waals surface area contributed by atoms with Crippen molar-refractivity contribution in [3.05, 3.63) is 101 Å². The summed E-state index contributed by atoms with van der Waals surface area (Å²) < 4.78 is 0. The molecule has 1 heteroatoms. The summed E-state index contributed by atoms with van der Waals surface area (Å²) in [6.07, 6.45) is 24.1. The molecule has 0 bridgehead atoms. The summed E-state index contributed by atoms with van der Waals surface area (Å²) in [5.74, 6) is 0. The Balaban J connectivity index is 1.96. The van der Waals surface area contributed by atoms with Crippen LogP contribution in [0.3, 0.4) is 0 Å². The van der Waals surface area contributed by atoms with Gasteiger partial charge in [0.25, 0.3) is 0 Å². The van der Waals surface area contributed by atoms with Crippen molar-refractivity contribution in [1.82, 2.24) is 0 Å². The molecule has 0 fully saturated rings. The number of allylic oxidation sites excluding steroid dienone is 12. The second kappa shape index (κ2) is 5.58. The first-order valence-electron chi connectivity index (χ1n) is 8.06. The molecule has 0 atom stereocenters. The summed E-state index contributed by atoms with van der Waals surface area (Å²) in [6, 6.07) is 11.2. The SMILES string of the molecule is C1=CCC([Si](C2=CC=CC2)(C2=CC=CC2)c2ccccc2)=C1. The van der Waals surface area contributed by atoms with E-state index in [-0.39, 0.29) is 0 Å². The Morgan fingerprint density at radius 3 is 1.41 bits per heavy atom. The van der Waals surface area contributed by atoms with Gasteiger partial charge in [-0.25, -0.2) is 0 Å². The minimum atomic E-state index is -1.98. The molecule has 0 heterocycles. The van der Waals surface area contributed by atoms with Crippen LogP contribution in [0.25, 0.3) is 0 Å². The van der Waals surface area contributed by atoms with Gasteiger partial charge < -0.3 is 0 Å². The third kappa shape index (κ3) is 1.97. The standard InChI is InChI=1S/C21H20Si/c1-2-10-18(11-3-1)22(19-12-4-5-13-19,20-14-6-7-15-20)21-16-8-9-17-21/h1-12,14,16H,13,15,17H2. The molecule has 1 aromatic carbocycles. The normalized spacial score (nSPS) is 19.5. The molecule has 0 saturated heterocycles. The van der Waals surface area contributed by atoms with Crippen LogP contribution in [-0.2, 0) is 0 Å². The van der Waals surface area contributed by atoms with Crippen LogP contribution in [-0.4, -0.2) is 8.07 Å². The highest BCUT2D eigenvalue weighted by atomic mass is 28.3. The smallest absolute Gasteiger partial charge is 0.0808 e. The number of rotatable bonds is 4. The van der Waals surface area contributed by atoms with E-state index in [2.05, 4.69) is 85.0 Å². The van der Waals surface area contributed by atoms with Crippen molar-refractivity contribution in [1.29, 1.82) is 0 Å². The summed E-state index contributed by atoms with van der Waals surface area (Å²) in [7, 11) is -1.98. The van der Waals surface area contributed by atoms with Gasteiger partial charge in [0.1, 0.15) is 0 Å². The topological polar surface area (TPSA) is 0 Å². The van der Waals surface area contributed by atoms with E-state index in [1.54, 1.807) is 15.6 Å². The van der Waals surface area contributed by atoms with Crippen molar-refractivity contribution in [3.63, 3.8) is 0 Å². The fourth-order valence-corrected chi connectivity index (χ4v) is 9.39. The van der Waals surface area contributed by atoms with Gasteiger partial charge in [0.2, 0.25) is 0 Å². The molecule has 108 valence electrons. The zero-order valence-electron chi connectivity index (χ0n) is 12.7. The van der Waals surface area contributed by atoms with Crippen molar-refractivity contribution in [2.75, 3.05) is 0 Å². The van der Waals surface area contributed by atoms with Crippen molar-refractivity contribution < 1.29 is 0 Å². The van der Waals surface area contributed by atoms with E-state index in [0.29, 0.717) is 0 Å². The molecule has 0 nitrogen and oxygen atoms in total. The average molecular weight is 300 g/mol. The Morgan fingerprint density at radius 2 is 1.05 bits per heavy atom. The molecule has 1 aromatic rings. The van der Waals surface area contributed by atoms with Gasteiger partial charge in [0.15, 0.2) is 8.07 Å². The van der Waals surface area contributed by atoms with Gasteiger partial charge in [-0.15, -0.1) is 0 Å². The molecule has 3 aliphatic rings. The van der Waals surface area contributed by atoms with Crippen molar-refractivity contribution in [2.45, 2.75) is 19.3 Å². The molecule has 4 rings (SSSR count). The van der Waals surface area contributed by atoms with Gasteiger partial charge in [-0.3, -0.25) is 0 Å². The van der Waals surface area contributed by atoms with Crippen LogP contribution in [0, 0.1) is 0 Å².